The van der Waals surface area contributed by atoms with E-state index in [1.54, 1.807) is 19.1 Å². The summed E-state index contributed by atoms with van der Waals surface area (Å²) in [6.45, 7) is 7.60. The number of sulfonamides is 1. The molecule has 0 amide bonds. The van der Waals surface area contributed by atoms with Crippen molar-refractivity contribution in [2.45, 2.75) is 45.4 Å². The third kappa shape index (κ3) is 3.56. The molecule has 0 saturated carbocycles. The fourth-order valence-corrected chi connectivity index (χ4v) is 4.05. The number of fused-ring (bicyclic) bond motifs is 1. The fourth-order valence-electron chi connectivity index (χ4n) is 3.10. The zero-order valence-corrected chi connectivity index (χ0v) is 15.6. The molecule has 0 saturated heterocycles. The number of anilines is 1. The quantitative estimate of drug-likeness (QED) is 0.910. The number of rotatable bonds is 3. The predicted octanol–water partition coefficient (Wildman–Crippen LogP) is 3.05. The standard InChI is InChI=1S/C18H21N3O3S/c1-11-5-7-13(8-6-11)25(23,24)21-17-19-12(2)16-14(20-17)9-18(3,4)10-15(16)22/h5-8H,9-10H2,1-4H3,(H,19,20,21). The highest BCUT2D eigenvalue weighted by Gasteiger charge is 2.34. The minimum atomic E-state index is -3.78. The molecular formula is C18H21N3O3S. The Balaban J connectivity index is 1.98. The predicted molar refractivity (Wildman–Crippen MR) is 95.2 cm³/mol. The fraction of sp³-hybridized carbons (Fsp3) is 0.389. The van der Waals surface area contributed by atoms with Crippen LogP contribution in [0.4, 0.5) is 5.95 Å². The molecule has 7 heteroatoms. The van der Waals surface area contributed by atoms with Crippen molar-refractivity contribution < 1.29 is 13.2 Å². The van der Waals surface area contributed by atoms with E-state index >= 15 is 0 Å². The van der Waals surface area contributed by atoms with Gasteiger partial charge in [0.15, 0.2) is 5.78 Å². The molecule has 1 heterocycles. The lowest BCUT2D eigenvalue weighted by Crippen LogP contribution is -2.30. The van der Waals surface area contributed by atoms with Crippen molar-refractivity contribution in [1.29, 1.82) is 0 Å². The van der Waals surface area contributed by atoms with Crippen LogP contribution in [-0.4, -0.2) is 24.2 Å². The molecule has 0 spiro atoms. The molecule has 132 valence electrons. The average molecular weight is 359 g/mol. The highest BCUT2D eigenvalue weighted by molar-refractivity contribution is 7.92. The Labute approximate surface area is 147 Å². The first-order valence-corrected chi connectivity index (χ1v) is 9.56. The van der Waals surface area contributed by atoms with Crippen molar-refractivity contribution in [3.63, 3.8) is 0 Å². The summed E-state index contributed by atoms with van der Waals surface area (Å²) < 4.78 is 27.5. The lowest BCUT2D eigenvalue weighted by atomic mass is 9.75. The molecule has 1 aromatic carbocycles. The number of carbonyl (C=O) groups is 1. The maximum Gasteiger partial charge on any atom is 0.264 e. The molecule has 3 rings (SSSR count). The Bertz CT molecular complexity index is 948. The summed E-state index contributed by atoms with van der Waals surface area (Å²) in [4.78, 5) is 21.0. The number of aryl methyl sites for hydroxylation is 2. The number of hydrogen-bond acceptors (Lipinski definition) is 5. The van der Waals surface area contributed by atoms with Crippen molar-refractivity contribution in [1.82, 2.24) is 9.97 Å². The second-order valence-corrected chi connectivity index (χ2v) is 9.00. The highest BCUT2D eigenvalue weighted by atomic mass is 32.2. The van der Waals surface area contributed by atoms with Gasteiger partial charge in [-0.1, -0.05) is 31.5 Å². The van der Waals surface area contributed by atoms with Crippen molar-refractivity contribution >= 4 is 21.8 Å². The summed E-state index contributed by atoms with van der Waals surface area (Å²) in [5.74, 6) is 0.0130. The number of carbonyl (C=O) groups excluding carboxylic acids is 1. The lowest BCUT2D eigenvalue weighted by molar-refractivity contribution is 0.0909. The van der Waals surface area contributed by atoms with E-state index in [-0.39, 0.29) is 22.0 Å². The Morgan fingerprint density at radius 2 is 1.68 bits per heavy atom. The minimum Gasteiger partial charge on any atom is -0.294 e. The first kappa shape index (κ1) is 17.5. The largest absolute Gasteiger partial charge is 0.294 e. The third-order valence-electron chi connectivity index (χ3n) is 4.29. The van der Waals surface area contributed by atoms with Gasteiger partial charge < -0.3 is 0 Å². The summed E-state index contributed by atoms with van der Waals surface area (Å²) in [6.07, 6.45) is 1.05. The van der Waals surface area contributed by atoms with Gasteiger partial charge in [-0.25, -0.2) is 23.1 Å². The van der Waals surface area contributed by atoms with Gasteiger partial charge >= 0.3 is 0 Å². The number of Topliss-reactive ketones (excluding diaryl/α,β-unsaturated/α-hetero) is 1. The van der Waals surface area contributed by atoms with E-state index in [2.05, 4.69) is 14.7 Å². The van der Waals surface area contributed by atoms with Gasteiger partial charge in [-0.2, -0.15) is 0 Å². The molecule has 0 aliphatic heterocycles. The van der Waals surface area contributed by atoms with Crippen molar-refractivity contribution in [3.8, 4) is 0 Å². The van der Waals surface area contributed by atoms with Crippen LogP contribution in [0.25, 0.3) is 0 Å². The van der Waals surface area contributed by atoms with Crippen LogP contribution >= 0.6 is 0 Å². The first-order valence-electron chi connectivity index (χ1n) is 8.08. The molecule has 0 bridgehead atoms. The maximum absolute atomic E-state index is 12.5. The molecule has 1 aromatic heterocycles. The minimum absolute atomic E-state index is 0.00215. The third-order valence-corrected chi connectivity index (χ3v) is 5.63. The summed E-state index contributed by atoms with van der Waals surface area (Å²) in [5, 5.41) is 0. The highest BCUT2D eigenvalue weighted by Crippen LogP contribution is 2.35. The molecular weight excluding hydrogens is 338 g/mol. The van der Waals surface area contributed by atoms with Gasteiger partial charge in [0.05, 0.1) is 21.8 Å². The number of ketones is 1. The molecule has 0 atom stereocenters. The normalized spacial score (nSPS) is 16.4. The zero-order chi connectivity index (χ0) is 18.4. The van der Waals surface area contributed by atoms with Crippen LogP contribution in [0, 0.1) is 19.3 Å². The summed E-state index contributed by atoms with van der Waals surface area (Å²) in [6, 6.07) is 6.54. The molecule has 0 unspecified atom stereocenters. The van der Waals surface area contributed by atoms with Gasteiger partial charge in [0.1, 0.15) is 0 Å². The van der Waals surface area contributed by atoms with Crippen LogP contribution in [0.15, 0.2) is 29.2 Å². The number of hydrogen-bond donors (Lipinski definition) is 1. The second-order valence-electron chi connectivity index (χ2n) is 7.31. The van der Waals surface area contributed by atoms with Gasteiger partial charge in [-0.05, 0) is 37.8 Å². The van der Waals surface area contributed by atoms with Crippen LogP contribution in [0.3, 0.4) is 0 Å². The number of nitrogens with one attached hydrogen (secondary N) is 1. The second kappa shape index (κ2) is 5.91. The Kier molecular flexibility index (Phi) is 4.15. The maximum atomic E-state index is 12.5. The molecule has 0 radical (unpaired) electrons. The molecule has 2 aromatic rings. The SMILES string of the molecule is Cc1ccc(S(=O)(=O)Nc2nc(C)c3c(n2)CC(C)(C)CC3=O)cc1. The van der Waals surface area contributed by atoms with Gasteiger partial charge in [-0.3, -0.25) is 4.79 Å². The Hall–Kier alpha value is -2.28. The van der Waals surface area contributed by atoms with Crippen molar-refractivity contribution in [2.75, 3.05) is 4.72 Å². The van der Waals surface area contributed by atoms with E-state index in [1.807, 2.05) is 20.8 Å². The van der Waals surface area contributed by atoms with E-state index in [0.717, 1.165) is 5.56 Å². The average Bonchev–Trinajstić information content (AvgIpc) is 2.44. The number of benzene rings is 1. The van der Waals surface area contributed by atoms with Crippen LogP contribution in [0.2, 0.25) is 0 Å². The van der Waals surface area contributed by atoms with E-state index in [0.29, 0.717) is 29.8 Å². The van der Waals surface area contributed by atoms with Crippen LogP contribution in [0.5, 0.6) is 0 Å². The molecule has 6 nitrogen and oxygen atoms in total. The van der Waals surface area contributed by atoms with Gasteiger partial charge in [0.25, 0.3) is 10.0 Å². The molecule has 1 aliphatic carbocycles. The smallest absolute Gasteiger partial charge is 0.264 e. The van der Waals surface area contributed by atoms with Crippen LogP contribution in [0.1, 0.15) is 47.6 Å². The lowest BCUT2D eigenvalue weighted by Gasteiger charge is -2.30. The van der Waals surface area contributed by atoms with Gasteiger partial charge in [0, 0.05) is 6.42 Å². The number of nitrogens with zero attached hydrogens (tertiary/aromatic N) is 2. The zero-order valence-electron chi connectivity index (χ0n) is 14.8. The Morgan fingerprint density at radius 1 is 1.04 bits per heavy atom. The van der Waals surface area contributed by atoms with E-state index < -0.39 is 10.0 Å². The van der Waals surface area contributed by atoms with Gasteiger partial charge in [-0.15, -0.1) is 0 Å². The molecule has 1 aliphatic rings. The monoisotopic (exact) mass is 359 g/mol. The van der Waals surface area contributed by atoms with E-state index in [1.165, 1.54) is 12.1 Å². The van der Waals surface area contributed by atoms with Crippen molar-refractivity contribution in [2.24, 2.45) is 5.41 Å². The summed E-state index contributed by atoms with van der Waals surface area (Å²) in [5.41, 5.74) is 2.42. The van der Waals surface area contributed by atoms with Crippen molar-refractivity contribution in [3.05, 3.63) is 46.8 Å². The number of aromatic nitrogens is 2. The molecule has 0 fully saturated rings. The topological polar surface area (TPSA) is 89.0 Å². The van der Waals surface area contributed by atoms with E-state index in [4.69, 9.17) is 0 Å². The first-order chi connectivity index (χ1) is 11.6. The molecule has 25 heavy (non-hydrogen) atoms. The van der Waals surface area contributed by atoms with Gasteiger partial charge in [0.2, 0.25) is 5.95 Å². The molecule has 1 N–H and O–H groups in total. The van der Waals surface area contributed by atoms with E-state index in [9.17, 15) is 13.2 Å². The Morgan fingerprint density at radius 3 is 2.32 bits per heavy atom. The summed E-state index contributed by atoms with van der Waals surface area (Å²) >= 11 is 0. The van der Waals surface area contributed by atoms with Crippen LogP contribution in [-0.2, 0) is 16.4 Å². The summed E-state index contributed by atoms with van der Waals surface area (Å²) in [7, 11) is -3.78. The van der Waals surface area contributed by atoms with Crippen LogP contribution < -0.4 is 4.72 Å².